The fourth-order valence-corrected chi connectivity index (χ4v) is 6.43. The summed E-state index contributed by atoms with van der Waals surface area (Å²) in [6.07, 6.45) is 1.94. The molecule has 2 saturated carbocycles. The fraction of sp³-hybridized carbons (Fsp3) is 0.514. The zero-order valence-electron chi connectivity index (χ0n) is 28.1. The number of aromatic nitrogens is 1. The van der Waals surface area contributed by atoms with Gasteiger partial charge in [-0.25, -0.2) is 0 Å². The molecule has 13 heteroatoms. The molecule has 5 rings (SSSR count). The molecule has 1 amide bonds. The molecule has 3 aromatic rings. The molecule has 1 heterocycles. The van der Waals surface area contributed by atoms with Gasteiger partial charge >= 0.3 is 0 Å². The van der Waals surface area contributed by atoms with Crippen LogP contribution in [0.2, 0.25) is 10.0 Å². The first-order chi connectivity index (χ1) is 24.1. The van der Waals surface area contributed by atoms with Crippen molar-refractivity contribution in [2.45, 2.75) is 87.7 Å². The minimum atomic E-state index is -2.00. The molecule has 2 aliphatic carbocycles. The van der Waals surface area contributed by atoms with E-state index in [2.05, 4.69) is 11.1 Å². The van der Waals surface area contributed by atoms with Gasteiger partial charge in [0.15, 0.2) is 6.10 Å². The molecule has 11 nitrogen and oxygen atoms in total. The summed E-state index contributed by atoms with van der Waals surface area (Å²) in [5.41, 5.74) is 4.21. The van der Waals surface area contributed by atoms with Crippen molar-refractivity contribution >= 4 is 29.1 Å². The molecule has 2 aromatic carbocycles. The van der Waals surface area contributed by atoms with Gasteiger partial charge in [-0.1, -0.05) is 41.4 Å². The van der Waals surface area contributed by atoms with Crippen molar-refractivity contribution < 1.29 is 44.5 Å². The Morgan fingerprint density at radius 2 is 1.70 bits per heavy atom. The molecule has 0 unspecified atom stereocenters. The minimum Gasteiger partial charge on any atom is -0.490 e. The smallest absolute Gasteiger partial charge is 0.254 e. The van der Waals surface area contributed by atoms with E-state index >= 15 is 0 Å². The van der Waals surface area contributed by atoms with Crippen LogP contribution in [0.25, 0.3) is 11.1 Å². The first-order valence-electron chi connectivity index (χ1n) is 17.0. The number of nitrogens with zero attached hydrogens (tertiary/aromatic N) is 2. The molecule has 0 saturated heterocycles. The van der Waals surface area contributed by atoms with Crippen LogP contribution in [-0.2, 0) is 32.9 Å². The molecule has 50 heavy (non-hydrogen) atoms. The zero-order valence-corrected chi connectivity index (χ0v) is 29.6. The third-order valence-electron chi connectivity index (χ3n) is 9.24. The van der Waals surface area contributed by atoms with Crippen LogP contribution in [0.4, 0.5) is 0 Å². The Kier molecular flexibility index (Phi) is 13.5. The highest BCUT2D eigenvalue weighted by molar-refractivity contribution is 6.34. The quantitative estimate of drug-likeness (QED) is 0.107. The molecule has 4 atom stereocenters. The van der Waals surface area contributed by atoms with E-state index in [1.165, 1.54) is 12.0 Å². The maximum Gasteiger partial charge on any atom is 0.254 e. The highest BCUT2D eigenvalue weighted by Gasteiger charge is 2.48. The summed E-state index contributed by atoms with van der Waals surface area (Å²) in [6.45, 7) is -0.0135. The van der Waals surface area contributed by atoms with Gasteiger partial charge < -0.3 is 44.6 Å². The van der Waals surface area contributed by atoms with Crippen LogP contribution in [0.15, 0.2) is 54.9 Å². The lowest BCUT2D eigenvalue weighted by molar-refractivity contribution is -0.159. The van der Waals surface area contributed by atoms with Crippen molar-refractivity contribution in [2.24, 2.45) is 0 Å². The lowest BCUT2D eigenvalue weighted by Gasteiger charge is -2.30. The van der Waals surface area contributed by atoms with Gasteiger partial charge in [0.05, 0.1) is 31.5 Å². The van der Waals surface area contributed by atoms with Gasteiger partial charge in [-0.3, -0.25) is 9.78 Å². The number of benzene rings is 2. The predicted octanol–water partition coefficient (Wildman–Crippen LogP) is 4.04. The number of carbonyl (C=O) groups excluding carboxylic acids is 1. The second-order valence-corrected chi connectivity index (χ2v) is 13.8. The van der Waals surface area contributed by atoms with E-state index in [4.69, 9.17) is 42.5 Å². The number of para-hydroxylation sites is 1. The summed E-state index contributed by atoms with van der Waals surface area (Å²) in [6, 6.07) is 13.8. The van der Waals surface area contributed by atoms with E-state index in [1.54, 1.807) is 6.20 Å². The van der Waals surface area contributed by atoms with Gasteiger partial charge in [0, 0.05) is 53.8 Å². The SMILES string of the molecule is COCCN(CCCCc1cc(Cl)c(COC2(c3cnccc3-c3ccccc3OC3CC3)CC2)cc1Cl)C(=O)[C@@H](O)[C@@H](O)[C@H](O)[C@@H](O)CO. The molecule has 0 bridgehead atoms. The van der Waals surface area contributed by atoms with E-state index < -0.39 is 42.5 Å². The van der Waals surface area contributed by atoms with Crippen molar-refractivity contribution in [3.8, 4) is 16.9 Å². The van der Waals surface area contributed by atoms with E-state index in [9.17, 15) is 25.2 Å². The molecular formula is C37H46Cl2N2O9. The number of unbranched alkanes of at least 4 members (excludes halogenated alkanes) is 1. The number of amides is 1. The summed E-state index contributed by atoms with van der Waals surface area (Å²) >= 11 is 13.5. The van der Waals surface area contributed by atoms with Crippen LogP contribution in [0, 0.1) is 0 Å². The number of ether oxygens (including phenoxy) is 3. The normalized spacial score (nSPS) is 17.5. The number of aliphatic hydroxyl groups is 5. The van der Waals surface area contributed by atoms with Gasteiger partial charge in [0.25, 0.3) is 5.91 Å². The monoisotopic (exact) mass is 732 g/mol. The molecule has 1 aromatic heterocycles. The average Bonchev–Trinajstić information content (AvgIpc) is 4.08. The van der Waals surface area contributed by atoms with E-state index in [0.29, 0.717) is 29.3 Å². The summed E-state index contributed by atoms with van der Waals surface area (Å²) in [7, 11) is 1.47. The zero-order chi connectivity index (χ0) is 35.8. The highest BCUT2D eigenvalue weighted by atomic mass is 35.5. The fourth-order valence-electron chi connectivity index (χ4n) is 5.91. The lowest BCUT2D eigenvalue weighted by Crippen LogP contribution is -2.53. The molecule has 5 N–H and O–H groups in total. The number of pyridine rings is 1. The number of aryl methyl sites for hydroxylation is 1. The Morgan fingerprint density at radius 3 is 2.40 bits per heavy atom. The summed E-state index contributed by atoms with van der Waals surface area (Å²) in [4.78, 5) is 18.7. The van der Waals surface area contributed by atoms with Crippen molar-refractivity contribution in [1.82, 2.24) is 9.88 Å². The largest absolute Gasteiger partial charge is 0.490 e. The Bertz CT molecular complexity index is 1590. The lowest BCUT2D eigenvalue weighted by atomic mass is 9.96. The molecule has 0 aliphatic heterocycles. The van der Waals surface area contributed by atoms with Crippen molar-refractivity contribution in [1.29, 1.82) is 0 Å². The van der Waals surface area contributed by atoms with Gasteiger partial charge in [0.2, 0.25) is 0 Å². The van der Waals surface area contributed by atoms with Crippen LogP contribution < -0.4 is 4.74 Å². The van der Waals surface area contributed by atoms with Crippen molar-refractivity contribution in [2.75, 3.05) is 33.4 Å². The van der Waals surface area contributed by atoms with Crippen LogP contribution in [-0.4, -0.2) is 105 Å². The molecule has 2 fully saturated rings. The topological polar surface area (TPSA) is 162 Å². The summed E-state index contributed by atoms with van der Waals surface area (Å²) in [5.74, 6) is 0.0379. The Balaban J connectivity index is 1.18. The Hall–Kier alpha value is -2.84. The Morgan fingerprint density at radius 1 is 0.980 bits per heavy atom. The van der Waals surface area contributed by atoms with Crippen LogP contribution in [0.3, 0.4) is 0 Å². The van der Waals surface area contributed by atoms with Crippen LogP contribution in [0.5, 0.6) is 5.75 Å². The number of hydrogen-bond donors (Lipinski definition) is 5. The second-order valence-electron chi connectivity index (χ2n) is 13.0. The number of carbonyl (C=O) groups is 1. The summed E-state index contributed by atoms with van der Waals surface area (Å²) in [5, 5.41) is 50.2. The number of methoxy groups -OCH3 is 1. The number of aliphatic hydroxyl groups excluding tert-OH is 5. The van der Waals surface area contributed by atoms with E-state index in [-0.39, 0.29) is 32.4 Å². The average molecular weight is 734 g/mol. The second kappa shape index (κ2) is 17.6. The molecule has 2 aliphatic rings. The van der Waals surface area contributed by atoms with Gasteiger partial charge in [0.1, 0.15) is 24.1 Å². The molecule has 272 valence electrons. The predicted molar refractivity (Wildman–Crippen MR) is 188 cm³/mol. The van der Waals surface area contributed by atoms with Crippen LogP contribution in [0.1, 0.15) is 55.2 Å². The standard InChI is InChI=1S/C37H46Cl2N2O9/c1-48-17-16-41(36(47)35(46)34(45)33(44)31(43)21-42)15-5-4-6-23-18-30(39)24(19-29(23)38)22-49-37(12-13-37)28-20-40-14-11-26(28)27-7-2-3-8-32(27)50-25-9-10-25/h2-3,7-8,11,14,18-20,25,31,33-35,42-46H,4-6,9-10,12-13,15-17,21-22H2,1H3/t31-,33+,34-,35-/m0/s1. The van der Waals surface area contributed by atoms with E-state index in [0.717, 1.165) is 59.3 Å². The highest BCUT2D eigenvalue weighted by Crippen LogP contribution is 2.53. The maximum atomic E-state index is 12.9. The molecule has 0 spiro atoms. The molecular weight excluding hydrogens is 687 g/mol. The van der Waals surface area contributed by atoms with Gasteiger partial charge in [-0.15, -0.1) is 0 Å². The third-order valence-corrected chi connectivity index (χ3v) is 9.94. The number of rotatable bonds is 20. The molecule has 0 radical (unpaired) electrons. The Labute approximate surface area is 302 Å². The third kappa shape index (κ3) is 9.52. The number of hydrogen-bond acceptors (Lipinski definition) is 10. The minimum absolute atomic E-state index is 0.141. The van der Waals surface area contributed by atoms with Gasteiger partial charge in [-0.05, 0) is 85.9 Å². The first-order valence-corrected chi connectivity index (χ1v) is 17.8. The van der Waals surface area contributed by atoms with Crippen LogP contribution >= 0.6 is 23.2 Å². The number of halogens is 2. The maximum absolute atomic E-state index is 12.9. The van der Waals surface area contributed by atoms with Crippen molar-refractivity contribution in [3.05, 3.63) is 81.6 Å². The van der Waals surface area contributed by atoms with Crippen molar-refractivity contribution in [3.63, 3.8) is 0 Å². The summed E-state index contributed by atoms with van der Waals surface area (Å²) < 4.78 is 17.9. The van der Waals surface area contributed by atoms with Gasteiger partial charge in [-0.2, -0.15) is 0 Å². The first kappa shape index (κ1) is 38.4. The van der Waals surface area contributed by atoms with E-state index in [1.807, 2.05) is 42.6 Å².